The van der Waals surface area contributed by atoms with E-state index in [2.05, 4.69) is 15.2 Å². The molecule has 1 fully saturated rings. The van der Waals surface area contributed by atoms with Crippen molar-refractivity contribution in [2.75, 3.05) is 26.2 Å². The Morgan fingerprint density at radius 1 is 1.48 bits per heavy atom. The number of aromatic nitrogens is 1. The maximum atomic E-state index is 13.0. The van der Waals surface area contributed by atoms with Crippen LogP contribution in [0.3, 0.4) is 0 Å². The number of hydrogen-bond acceptors (Lipinski definition) is 4. The molecule has 5 nitrogen and oxygen atoms in total. The number of nitrogens with one attached hydrogen (secondary N) is 1. The molecule has 1 saturated heterocycles. The van der Waals surface area contributed by atoms with Gasteiger partial charge in [-0.2, -0.15) is 0 Å². The molecule has 6 heteroatoms. The Morgan fingerprint density at radius 3 is 3.10 bits per heavy atom. The van der Waals surface area contributed by atoms with Crippen LogP contribution in [0.5, 0.6) is 0 Å². The van der Waals surface area contributed by atoms with Crippen molar-refractivity contribution in [3.8, 4) is 0 Å². The van der Waals surface area contributed by atoms with E-state index in [1.807, 2.05) is 0 Å². The zero-order valence-corrected chi connectivity index (χ0v) is 12.1. The lowest BCUT2D eigenvalue weighted by Gasteiger charge is -2.34. The first kappa shape index (κ1) is 15.9. The predicted molar refractivity (Wildman–Crippen MR) is 77.4 cm³/mol. The van der Waals surface area contributed by atoms with E-state index in [-0.39, 0.29) is 24.1 Å². The van der Waals surface area contributed by atoms with Gasteiger partial charge in [0.25, 0.3) is 5.91 Å². The van der Waals surface area contributed by atoms with Gasteiger partial charge in [0.15, 0.2) is 0 Å². The van der Waals surface area contributed by atoms with Crippen LogP contribution in [0.15, 0.2) is 18.5 Å². The third-order valence-electron chi connectivity index (χ3n) is 3.83. The summed E-state index contributed by atoms with van der Waals surface area (Å²) in [5.74, 6) is -0.818. The molecular formula is C15H22FN3O2. The summed E-state index contributed by atoms with van der Waals surface area (Å²) >= 11 is 0. The highest BCUT2D eigenvalue weighted by Crippen LogP contribution is 2.16. The summed E-state index contributed by atoms with van der Waals surface area (Å²) in [6, 6.07) is 1.43. The maximum absolute atomic E-state index is 13.0. The van der Waals surface area contributed by atoms with E-state index < -0.39 is 5.82 Å². The van der Waals surface area contributed by atoms with Gasteiger partial charge in [-0.05, 0) is 31.9 Å². The molecule has 21 heavy (non-hydrogen) atoms. The van der Waals surface area contributed by atoms with Crippen LogP contribution >= 0.6 is 0 Å². The second-order valence-corrected chi connectivity index (χ2v) is 5.37. The molecule has 1 amide bonds. The minimum absolute atomic E-state index is 0.196. The summed E-state index contributed by atoms with van der Waals surface area (Å²) < 4.78 is 13.0. The second-order valence-electron chi connectivity index (χ2n) is 5.37. The smallest absolute Gasteiger partial charge is 0.252 e. The number of halogens is 1. The SMILES string of the molecule is O=C(NCCCN1CCCCC1CO)c1cncc(F)c1. The van der Waals surface area contributed by atoms with Crippen molar-refractivity contribution in [2.24, 2.45) is 0 Å². The van der Waals surface area contributed by atoms with Crippen LogP contribution in [0, 0.1) is 5.82 Å². The molecule has 1 aliphatic heterocycles. The first-order chi connectivity index (χ1) is 10.2. The van der Waals surface area contributed by atoms with Gasteiger partial charge >= 0.3 is 0 Å². The third kappa shape index (κ3) is 4.75. The first-order valence-corrected chi connectivity index (χ1v) is 7.44. The molecule has 1 aliphatic rings. The number of carbonyl (C=O) groups excluding carboxylic acids is 1. The normalized spacial score (nSPS) is 19.4. The molecule has 1 aromatic heterocycles. The van der Waals surface area contributed by atoms with E-state index >= 15 is 0 Å². The van der Waals surface area contributed by atoms with Gasteiger partial charge in [0, 0.05) is 25.3 Å². The Hall–Kier alpha value is -1.53. The Labute approximate surface area is 124 Å². The number of aliphatic hydroxyl groups is 1. The predicted octanol–water partition coefficient (Wildman–Crippen LogP) is 1.19. The van der Waals surface area contributed by atoms with Crippen molar-refractivity contribution >= 4 is 5.91 Å². The largest absolute Gasteiger partial charge is 0.395 e. The number of nitrogens with zero attached hydrogens (tertiary/aromatic N) is 2. The molecule has 0 saturated carbocycles. The van der Waals surface area contributed by atoms with Crippen LogP contribution in [-0.2, 0) is 0 Å². The zero-order valence-electron chi connectivity index (χ0n) is 12.1. The third-order valence-corrected chi connectivity index (χ3v) is 3.83. The van der Waals surface area contributed by atoms with E-state index in [0.29, 0.717) is 6.54 Å². The molecule has 0 bridgehead atoms. The van der Waals surface area contributed by atoms with E-state index in [1.165, 1.54) is 18.7 Å². The van der Waals surface area contributed by atoms with Gasteiger partial charge in [0.1, 0.15) is 5.82 Å². The van der Waals surface area contributed by atoms with Gasteiger partial charge in [-0.3, -0.25) is 14.7 Å². The maximum Gasteiger partial charge on any atom is 0.252 e. The number of rotatable bonds is 6. The fourth-order valence-electron chi connectivity index (χ4n) is 2.68. The zero-order chi connectivity index (χ0) is 15.1. The molecule has 1 atom stereocenters. The molecule has 1 aromatic rings. The standard InChI is InChI=1S/C15H22FN3O2/c16-13-8-12(9-17-10-13)15(21)18-5-3-7-19-6-2-1-4-14(19)11-20/h8-10,14,20H,1-7,11H2,(H,18,21). The average Bonchev–Trinajstić information content (AvgIpc) is 2.51. The van der Waals surface area contributed by atoms with Gasteiger partial charge in [0.05, 0.1) is 18.4 Å². The number of hydrogen-bond donors (Lipinski definition) is 2. The average molecular weight is 295 g/mol. The van der Waals surface area contributed by atoms with Crippen LogP contribution in [0.1, 0.15) is 36.0 Å². The van der Waals surface area contributed by atoms with E-state index in [9.17, 15) is 14.3 Å². The molecule has 0 spiro atoms. The van der Waals surface area contributed by atoms with Crippen molar-refractivity contribution in [1.29, 1.82) is 0 Å². The van der Waals surface area contributed by atoms with Crippen LogP contribution in [0.25, 0.3) is 0 Å². The Kier molecular flexibility index (Phi) is 6.07. The van der Waals surface area contributed by atoms with Crippen molar-refractivity contribution in [3.63, 3.8) is 0 Å². The molecular weight excluding hydrogens is 273 g/mol. The van der Waals surface area contributed by atoms with Crippen molar-refractivity contribution < 1.29 is 14.3 Å². The quantitative estimate of drug-likeness (QED) is 0.774. The Balaban J connectivity index is 1.70. The lowest BCUT2D eigenvalue weighted by molar-refractivity contribution is 0.0868. The summed E-state index contributed by atoms with van der Waals surface area (Å²) in [4.78, 5) is 17.7. The van der Waals surface area contributed by atoms with Gasteiger partial charge in [0.2, 0.25) is 0 Å². The number of pyridine rings is 1. The molecule has 2 heterocycles. The summed E-state index contributed by atoms with van der Waals surface area (Å²) in [6.45, 7) is 2.59. The van der Waals surface area contributed by atoms with Gasteiger partial charge in [-0.15, -0.1) is 0 Å². The van der Waals surface area contributed by atoms with Crippen molar-refractivity contribution in [3.05, 3.63) is 29.8 Å². The van der Waals surface area contributed by atoms with Crippen molar-refractivity contribution in [1.82, 2.24) is 15.2 Å². The highest BCUT2D eigenvalue weighted by molar-refractivity contribution is 5.93. The summed E-state index contributed by atoms with van der Waals surface area (Å²) in [5, 5.41) is 12.1. The van der Waals surface area contributed by atoms with Crippen LogP contribution < -0.4 is 5.32 Å². The van der Waals surface area contributed by atoms with Crippen LogP contribution in [-0.4, -0.2) is 53.2 Å². The van der Waals surface area contributed by atoms with Crippen LogP contribution in [0.4, 0.5) is 4.39 Å². The molecule has 116 valence electrons. The summed E-state index contributed by atoms with van der Waals surface area (Å²) in [7, 11) is 0. The Bertz CT molecular complexity index is 470. The topological polar surface area (TPSA) is 65.5 Å². The fraction of sp³-hybridized carbons (Fsp3) is 0.600. The monoisotopic (exact) mass is 295 g/mol. The minimum atomic E-state index is -0.512. The van der Waals surface area contributed by atoms with Gasteiger partial charge < -0.3 is 10.4 Å². The van der Waals surface area contributed by atoms with Crippen LogP contribution in [0.2, 0.25) is 0 Å². The first-order valence-electron chi connectivity index (χ1n) is 7.44. The van der Waals surface area contributed by atoms with E-state index in [0.717, 1.165) is 38.5 Å². The molecule has 2 rings (SSSR count). The van der Waals surface area contributed by atoms with E-state index in [1.54, 1.807) is 0 Å². The number of likely N-dealkylation sites (tertiary alicyclic amines) is 1. The summed E-state index contributed by atoms with van der Waals surface area (Å²) in [5.41, 5.74) is 0.237. The Morgan fingerprint density at radius 2 is 2.33 bits per heavy atom. The fourth-order valence-corrected chi connectivity index (χ4v) is 2.68. The summed E-state index contributed by atoms with van der Waals surface area (Å²) in [6.07, 6.45) is 6.61. The number of piperidine rings is 1. The van der Waals surface area contributed by atoms with E-state index in [4.69, 9.17) is 0 Å². The number of aliphatic hydroxyl groups excluding tert-OH is 1. The lowest BCUT2D eigenvalue weighted by Crippen LogP contribution is -2.43. The minimum Gasteiger partial charge on any atom is -0.395 e. The molecule has 0 aromatic carbocycles. The van der Waals surface area contributed by atoms with Gasteiger partial charge in [-0.25, -0.2) is 4.39 Å². The second kappa shape index (κ2) is 8.05. The number of amides is 1. The molecule has 2 N–H and O–H groups in total. The lowest BCUT2D eigenvalue weighted by atomic mass is 10.0. The highest BCUT2D eigenvalue weighted by Gasteiger charge is 2.20. The van der Waals surface area contributed by atoms with Gasteiger partial charge in [-0.1, -0.05) is 6.42 Å². The van der Waals surface area contributed by atoms with Crippen molar-refractivity contribution in [2.45, 2.75) is 31.7 Å². The molecule has 1 unspecified atom stereocenters. The number of carbonyl (C=O) groups is 1. The molecule has 0 radical (unpaired) electrons. The highest BCUT2D eigenvalue weighted by atomic mass is 19.1. The molecule has 0 aliphatic carbocycles.